The molecule has 2 aromatic rings. The lowest BCUT2D eigenvalue weighted by Gasteiger charge is -2.23. The summed E-state index contributed by atoms with van der Waals surface area (Å²) in [4.78, 5) is 4.69. The summed E-state index contributed by atoms with van der Waals surface area (Å²) in [5.41, 5.74) is 0. The molecule has 5 nitrogen and oxygen atoms in total. The van der Waals surface area contributed by atoms with Gasteiger partial charge in [-0.1, -0.05) is 24.4 Å². The van der Waals surface area contributed by atoms with Gasteiger partial charge in [0.1, 0.15) is 0 Å². The van der Waals surface area contributed by atoms with E-state index in [1.807, 2.05) is 0 Å². The van der Waals surface area contributed by atoms with Crippen LogP contribution in [0.5, 0.6) is 0 Å². The number of sulfonamides is 1. The molecule has 2 heterocycles. The molecule has 8 heteroatoms. The van der Waals surface area contributed by atoms with E-state index in [4.69, 9.17) is 11.6 Å². The SMILES string of the molecule is CN(C1CCCC1)S(=O)(=O)c1c(Cl)nc2sccn12. The minimum Gasteiger partial charge on any atom is -0.279 e. The van der Waals surface area contributed by atoms with Gasteiger partial charge in [0.2, 0.25) is 0 Å². The van der Waals surface area contributed by atoms with Crippen molar-refractivity contribution < 1.29 is 8.42 Å². The molecule has 0 amide bonds. The molecule has 0 unspecified atom stereocenters. The van der Waals surface area contributed by atoms with Crippen LogP contribution in [-0.4, -0.2) is 35.2 Å². The molecule has 0 aromatic carbocycles. The average Bonchev–Trinajstić information content (AvgIpc) is 3.01. The number of hydrogen-bond acceptors (Lipinski definition) is 4. The summed E-state index contributed by atoms with van der Waals surface area (Å²) in [7, 11) is -1.97. The highest BCUT2D eigenvalue weighted by molar-refractivity contribution is 7.89. The largest absolute Gasteiger partial charge is 0.279 e. The van der Waals surface area contributed by atoms with E-state index in [-0.39, 0.29) is 16.2 Å². The van der Waals surface area contributed by atoms with E-state index in [1.165, 1.54) is 15.6 Å². The number of hydrogen-bond donors (Lipinski definition) is 0. The van der Waals surface area contributed by atoms with Crippen molar-refractivity contribution in [3.8, 4) is 0 Å². The number of fused-ring (bicyclic) bond motifs is 1. The van der Waals surface area contributed by atoms with Crippen LogP contribution in [0.4, 0.5) is 0 Å². The van der Waals surface area contributed by atoms with Crippen LogP contribution in [0, 0.1) is 0 Å². The number of thiazole rings is 1. The maximum atomic E-state index is 12.7. The van der Waals surface area contributed by atoms with Crippen molar-refractivity contribution in [3.05, 3.63) is 16.7 Å². The Morgan fingerprint density at radius 1 is 1.47 bits per heavy atom. The molecule has 1 aliphatic rings. The Kier molecular flexibility index (Phi) is 3.33. The lowest BCUT2D eigenvalue weighted by Crippen LogP contribution is -2.35. The fraction of sp³-hybridized carbons (Fsp3) is 0.545. The summed E-state index contributed by atoms with van der Waals surface area (Å²) in [6, 6.07) is 0.0743. The Morgan fingerprint density at radius 3 is 2.84 bits per heavy atom. The lowest BCUT2D eigenvalue weighted by molar-refractivity contribution is 0.371. The second-order valence-corrected chi connectivity index (χ2v) is 7.87. The van der Waals surface area contributed by atoms with Gasteiger partial charge in [0.15, 0.2) is 15.1 Å². The van der Waals surface area contributed by atoms with Gasteiger partial charge in [-0.3, -0.25) is 4.40 Å². The molecular weight excluding hydrogens is 306 g/mol. The third-order valence-electron chi connectivity index (χ3n) is 3.64. The van der Waals surface area contributed by atoms with Gasteiger partial charge in [0.05, 0.1) is 0 Å². The molecule has 1 saturated carbocycles. The minimum atomic E-state index is -3.60. The Hall–Kier alpha value is -0.630. The second kappa shape index (κ2) is 4.73. The van der Waals surface area contributed by atoms with Crippen molar-refractivity contribution >= 4 is 37.9 Å². The topological polar surface area (TPSA) is 54.7 Å². The van der Waals surface area contributed by atoms with E-state index in [0.29, 0.717) is 4.96 Å². The first-order valence-corrected chi connectivity index (χ1v) is 8.80. The van der Waals surface area contributed by atoms with Gasteiger partial charge < -0.3 is 0 Å². The van der Waals surface area contributed by atoms with Crippen LogP contribution in [0.25, 0.3) is 4.96 Å². The molecule has 0 aliphatic heterocycles. The van der Waals surface area contributed by atoms with Gasteiger partial charge in [-0.25, -0.2) is 13.4 Å². The molecule has 0 bridgehead atoms. The standard InChI is InChI=1S/C11H14ClN3O2S2/c1-14(8-4-2-3-5-8)19(16,17)10-9(12)13-11-15(10)6-7-18-11/h6-8H,2-5H2,1H3. The number of imidazole rings is 1. The van der Waals surface area contributed by atoms with Crippen LogP contribution in [0.3, 0.4) is 0 Å². The van der Waals surface area contributed by atoms with Gasteiger partial charge in [0, 0.05) is 24.7 Å². The van der Waals surface area contributed by atoms with Crippen LogP contribution in [-0.2, 0) is 10.0 Å². The van der Waals surface area contributed by atoms with Crippen LogP contribution >= 0.6 is 22.9 Å². The average molecular weight is 320 g/mol. The molecule has 2 aromatic heterocycles. The Balaban J connectivity index is 2.08. The normalized spacial score (nSPS) is 17.8. The third kappa shape index (κ3) is 2.08. The third-order valence-corrected chi connectivity index (χ3v) is 6.71. The van der Waals surface area contributed by atoms with Crippen molar-refractivity contribution in [3.63, 3.8) is 0 Å². The number of nitrogens with zero attached hydrogens (tertiary/aromatic N) is 3. The van der Waals surface area contributed by atoms with E-state index in [1.54, 1.807) is 23.0 Å². The van der Waals surface area contributed by atoms with E-state index in [9.17, 15) is 8.42 Å². The first-order valence-electron chi connectivity index (χ1n) is 6.11. The van der Waals surface area contributed by atoms with Gasteiger partial charge in [-0.2, -0.15) is 4.31 Å². The monoisotopic (exact) mass is 319 g/mol. The predicted octanol–water partition coefficient (Wildman–Crippen LogP) is 2.61. The van der Waals surface area contributed by atoms with E-state index in [0.717, 1.165) is 25.7 Å². The van der Waals surface area contributed by atoms with Crippen molar-refractivity contribution in [1.82, 2.24) is 13.7 Å². The zero-order valence-corrected chi connectivity index (χ0v) is 12.8. The van der Waals surface area contributed by atoms with Crippen LogP contribution in [0.1, 0.15) is 25.7 Å². The summed E-state index contributed by atoms with van der Waals surface area (Å²) >= 11 is 7.38. The molecule has 1 fully saturated rings. The summed E-state index contributed by atoms with van der Waals surface area (Å²) in [6.45, 7) is 0. The molecule has 19 heavy (non-hydrogen) atoms. The first kappa shape index (κ1) is 13.4. The highest BCUT2D eigenvalue weighted by Crippen LogP contribution is 2.31. The molecule has 1 aliphatic carbocycles. The summed E-state index contributed by atoms with van der Waals surface area (Å²) in [6.07, 6.45) is 5.68. The van der Waals surface area contributed by atoms with Gasteiger partial charge >= 0.3 is 0 Å². The second-order valence-electron chi connectivity index (χ2n) is 4.72. The van der Waals surface area contributed by atoms with Crippen molar-refractivity contribution in [2.75, 3.05) is 7.05 Å². The summed E-state index contributed by atoms with van der Waals surface area (Å²) in [5, 5.41) is 1.93. The van der Waals surface area contributed by atoms with Gasteiger partial charge in [-0.05, 0) is 12.8 Å². The molecular formula is C11H14ClN3O2S2. The molecule has 0 saturated heterocycles. The number of halogens is 1. The van der Waals surface area contributed by atoms with Crippen LogP contribution in [0.15, 0.2) is 16.6 Å². The molecule has 0 N–H and O–H groups in total. The van der Waals surface area contributed by atoms with Crippen LogP contribution < -0.4 is 0 Å². The highest BCUT2D eigenvalue weighted by atomic mass is 35.5. The smallest absolute Gasteiger partial charge is 0.262 e. The van der Waals surface area contributed by atoms with Crippen LogP contribution in [0.2, 0.25) is 5.15 Å². The lowest BCUT2D eigenvalue weighted by atomic mass is 10.3. The molecule has 0 radical (unpaired) electrons. The molecule has 104 valence electrons. The minimum absolute atomic E-state index is 0.0525. The quantitative estimate of drug-likeness (QED) is 0.874. The Bertz CT molecular complexity index is 701. The summed E-state index contributed by atoms with van der Waals surface area (Å²) in [5.74, 6) is 0. The fourth-order valence-corrected chi connectivity index (χ4v) is 5.39. The van der Waals surface area contributed by atoms with Gasteiger partial charge in [-0.15, -0.1) is 11.3 Å². The molecule has 0 atom stereocenters. The maximum Gasteiger partial charge on any atom is 0.262 e. The van der Waals surface area contributed by atoms with E-state index in [2.05, 4.69) is 4.98 Å². The van der Waals surface area contributed by atoms with Crippen molar-refractivity contribution in [2.24, 2.45) is 0 Å². The zero-order valence-electron chi connectivity index (χ0n) is 10.4. The molecule has 3 rings (SSSR count). The first-order chi connectivity index (χ1) is 9.01. The zero-order chi connectivity index (χ0) is 13.6. The van der Waals surface area contributed by atoms with Gasteiger partial charge in [0.25, 0.3) is 10.0 Å². The fourth-order valence-electron chi connectivity index (χ4n) is 2.57. The number of rotatable bonds is 3. The van der Waals surface area contributed by atoms with E-state index >= 15 is 0 Å². The Morgan fingerprint density at radius 2 is 2.16 bits per heavy atom. The molecule has 0 spiro atoms. The highest BCUT2D eigenvalue weighted by Gasteiger charge is 2.34. The number of aromatic nitrogens is 2. The maximum absolute atomic E-state index is 12.7. The van der Waals surface area contributed by atoms with E-state index < -0.39 is 10.0 Å². The predicted molar refractivity (Wildman–Crippen MR) is 75.3 cm³/mol. The summed E-state index contributed by atoms with van der Waals surface area (Å²) < 4.78 is 28.4. The Labute approximate surface area is 120 Å². The van der Waals surface area contributed by atoms with Crippen molar-refractivity contribution in [1.29, 1.82) is 0 Å². The van der Waals surface area contributed by atoms with Crippen molar-refractivity contribution in [2.45, 2.75) is 36.8 Å².